The lowest BCUT2D eigenvalue weighted by Gasteiger charge is -2.35. The first-order valence-electron chi connectivity index (χ1n) is 5.07. The number of halogens is 8. The van der Waals surface area contributed by atoms with Crippen LogP contribution in [0.3, 0.4) is 0 Å². The Morgan fingerprint density at radius 3 is 1.63 bits per heavy atom. The number of hydrogen-bond acceptors (Lipinski definition) is 2. The van der Waals surface area contributed by atoms with Gasteiger partial charge in [0.1, 0.15) is 13.2 Å². The molecule has 19 heavy (non-hydrogen) atoms. The van der Waals surface area contributed by atoms with Gasteiger partial charge in [-0.05, 0) is 6.42 Å². The highest BCUT2D eigenvalue weighted by Crippen LogP contribution is 2.52. The molecule has 0 aromatic heterocycles. The van der Waals surface area contributed by atoms with Gasteiger partial charge in [0.15, 0.2) is 0 Å². The van der Waals surface area contributed by atoms with E-state index < -0.39 is 43.5 Å². The van der Waals surface area contributed by atoms with Crippen LogP contribution in [-0.2, 0) is 4.74 Å². The standard InChI is InChI=1S/C9H12F8O2/c1-2-3-19-5-7(12,13)9(16,17)8(14,15)6(10,11)4-18/h18H,2-5H2,1H3. The van der Waals surface area contributed by atoms with E-state index in [4.69, 9.17) is 5.11 Å². The average Bonchev–Trinajstić information content (AvgIpc) is 2.28. The fourth-order valence-electron chi connectivity index (χ4n) is 0.994. The number of aliphatic hydroxyl groups is 1. The van der Waals surface area contributed by atoms with Crippen molar-refractivity contribution in [3.8, 4) is 0 Å². The SMILES string of the molecule is CCCOCC(F)(F)C(F)(F)C(F)(F)C(F)(F)CO. The summed E-state index contributed by atoms with van der Waals surface area (Å²) >= 11 is 0. The van der Waals surface area contributed by atoms with E-state index in [1.807, 2.05) is 0 Å². The van der Waals surface area contributed by atoms with Crippen LogP contribution < -0.4 is 0 Å². The van der Waals surface area contributed by atoms with Gasteiger partial charge in [0, 0.05) is 6.61 Å². The number of alkyl halides is 8. The van der Waals surface area contributed by atoms with Crippen LogP contribution in [0, 0.1) is 0 Å². The molecule has 0 atom stereocenters. The van der Waals surface area contributed by atoms with Gasteiger partial charge in [-0.3, -0.25) is 0 Å². The number of hydrogen-bond donors (Lipinski definition) is 1. The zero-order chi connectivity index (χ0) is 15.5. The van der Waals surface area contributed by atoms with E-state index in [1.54, 1.807) is 0 Å². The number of aliphatic hydroxyl groups excluding tert-OH is 1. The van der Waals surface area contributed by atoms with Crippen molar-refractivity contribution in [3.05, 3.63) is 0 Å². The monoisotopic (exact) mass is 304 g/mol. The lowest BCUT2D eigenvalue weighted by Crippen LogP contribution is -2.64. The van der Waals surface area contributed by atoms with Crippen molar-refractivity contribution in [2.75, 3.05) is 19.8 Å². The van der Waals surface area contributed by atoms with Crippen molar-refractivity contribution in [1.29, 1.82) is 0 Å². The molecule has 0 aliphatic carbocycles. The normalized spacial score (nSPS) is 14.8. The van der Waals surface area contributed by atoms with Crippen LogP contribution in [0.25, 0.3) is 0 Å². The zero-order valence-corrected chi connectivity index (χ0v) is 9.71. The maximum absolute atomic E-state index is 12.9. The molecule has 0 saturated heterocycles. The average molecular weight is 304 g/mol. The van der Waals surface area contributed by atoms with Gasteiger partial charge in [-0.25, -0.2) is 0 Å². The van der Waals surface area contributed by atoms with Crippen LogP contribution in [0.1, 0.15) is 13.3 Å². The molecule has 2 nitrogen and oxygen atoms in total. The highest BCUT2D eigenvalue weighted by molar-refractivity contribution is 5.03. The van der Waals surface area contributed by atoms with Crippen LogP contribution in [0.5, 0.6) is 0 Å². The third kappa shape index (κ3) is 3.28. The molecule has 0 aromatic carbocycles. The Morgan fingerprint density at radius 2 is 1.26 bits per heavy atom. The quantitative estimate of drug-likeness (QED) is 0.552. The summed E-state index contributed by atoms with van der Waals surface area (Å²) in [6, 6.07) is 0. The van der Waals surface area contributed by atoms with E-state index in [-0.39, 0.29) is 6.42 Å². The van der Waals surface area contributed by atoms with Crippen LogP contribution in [0.15, 0.2) is 0 Å². The van der Waals surface area contributed by atoms with E-state index in [1.165, 1.54) is 6.92 Å². The molecule has 116 valence electrons. The Hall–Kier alpha value is -0.640. The van der Waals surface area contributed by atoms with Crippen molar-refractivity contribution >= 4 is 0 Å². The van der Waals surface area contributed by atoms with Gasteiger partial charge in [0.05, 0.1) is 0 Å². The molecule has 0 heterocycles. The van der Waals surface area contributed by atoms with Gasteiger partial charge in [0.2, 0.25) is 0 Å². The Morgan fingerprint density at radius 1 is 0.842 bits per heavy atom. The van der Waals surface area contributed by atoms with Gasteiger partial charge in [-0.1, -0.05) is 6.92 Å². The predicted molar refractivity (Wildman–Crippen MR) is 48.0 cm³/mol. The Labute approximate surface area is 103 Å². The zero-order valence-electron chi connectivity index (χ0n) is 9.71. The van der Waals surface area contributed by atoms with Gasteiger partial charge in [-0.2, -0.15) is 35.1 Å². The molecule has 0 aliphatic rings. The van der Waals surface area contributed by atoms with Crippen molar-refractivity contribution in [2.24, 2.45) is 0 Å². The summed E-state index contributed by atoms with van der Waals surface area (Å²) in [7, 11) is 0. The molecule has 0 amide bonds. The molecule has 0 bridgehead atoms. The molecule has 1 N–H and O–H groups in total. The fraction of sp³-hybridized carbons (Fsp3) is 1.00. The van der Waals surface area contributed by atoms with Gasteiger partial charge in [0.25, 0.3) is 0 Å². The molecule has 0 radical (unpaired) electrons. The molecular formula is C9H12F8O2. The second-order valence-electron chi connectivity index (χ2n) is 3.77. The maximum Gasteiger partial charge on any atom is 0.380 e. The van der Waals surface area contributed by atoms with Crippen molar-refractivity contribution in [1.82, 2.24) is 0 Å². The topological polar surface area (TPSA) is 29.5 Å². The van der Waals surface area contributed by atoms with E-state index in [9.17, 15) is 35.1 Å². The second-order valence-corrected chi connectivity index (χ2v) is 3.77. The summed E-state index contributed by atoms with van der Waals surface area (Å²) in [4.78, 5) is 0. The number of rotatable bonds is 8. The first kappa shape index (κ1) is 18.4. The molecule has 0 unspecified atom stereocenters. The highest BCUT2D eigenvalue weighted by Gasteiger charge is 2.80. The Kier molecular flexibility index (Phi) is 5.58. The summed E-state index contributed by atoms with van der Waals surface area (Å²) in [6.07, 6.45) is 0.144. The molecular weight excluding hydrogens is 292 g/mol. The highest BCUT2D eigenvalue weighted by atomic mass is 19.4. The molecule has 10 heteroatoms. The summed E-state index contributed by atoms with van der Waals surface area (Å²) in [5.74, 6) is -24.0. The maximum atomic E-state index is 12.9. The second kappa shape index (κ2) is 5.78. The molecule has 0 aromatic rings. The van der Waals surface area contributed by atoms with E-state index in [0.717, 1.165) is 0 Å². The first-order chi connectivity index (χ1) is 8.37. The fourth-order valence-corrected chi connectivity index (χ4v) is 0.994. The van der Waals surface area contributed by atoms with Gasteiger partial charge >= 0.3 is 23.7 Å². The van der Waals surface area contributed by atoms with Crippen LogP contribution in [0.2, 0.25) is 0 Å². The third-order valence-corrected chi connectivity index (χ3v) is 2.14. The Balaban J connectivity index is 5.22. The van der Waals surface area contributed by atoms with Crippen LogP contribution >= 0.6 is 0 Å². The first-order valence-corrected chi connectivity index (χ1v) is 5.07. The molecule has 0 fully saturated rings. The summed E-state index contributed by atoms with van der Waals surface area (Å²) in [5, 5.41) is 7.93. The van der Waals surface area contributed by atoms with E-state index in [2.05, 4.69) is 4.74 Å². The Bertz CT molecular complexity index is 292. The minimum absolute atomic E-state index is 0.144. The van der Waals surface area contributed by atoms with E-state index in [0.29, 0.717) is 0 Å². The van der Waals surface area contributed by atoms with Gasteiger partial charge < -0.3 is 9.84 Å². The van der Waals surface area contributed by atoms with Crippen molar-refractivity contribution < 1.29 is 45.0 Å². The van der Waals surface area contributed by atoms with Crippen LogP contribution in [0.4, 0.5) is 35.1 Å². The lowest BCUT2D eigenvalue weighted by molar-refractivity contribution is -0.375. The smallest absolute Gasteiger partial charge is 0.380 e. The minimum atomic E-state index is -6.42. The molecule has 0 spiro atoms. The number of ether oxygens (including phenoxy) is 1. The molecule has 0 rings (SSSR count). The summed E-state index contributed by atoms with van der Waals surface area (Å²) in [5.41, 5.74) is 0. The minimum Gasteiger partial charge on any atom is -0.390 e. The lowest BCUT2D eigenvalue weighted by atomic mass is 9.99. The molecule has 0 saturated carbocycles. The van der Waals surface area contributed by atoms with E-state index >= 15 is 0 Å². The van der Waals surface area contributed by atoms with Gasteiger partial charge in [-0.15, -0.1) is 0 Å². The predicted octanol–water partition coefficient (Wildman–Crippen LogP) is 2.95. The largest absolute Gasteiger partial charge is 0.390 e. The van der Waals surface area contributed by atoms with Crippen LogP contribution in [-0.4, -0.2) is 48.6 Å². The van der Waals surface area contributed by atoms with Crippen molar-refractivity contribution in [3.63, 3.8) is 0 Å². The third-order valence-electron chi connectivity index (χ3n) is 2.14. The molecule has 0 aliphatic heterocycles. The summed E-state index contributed by atoms with van der Waals surface area (Å²) in [6.45, 7) is -3.81. The van der Waals surface area contributed by atoms with Crippen molar-refractivity contribution in [2.45, 2.75) is 37.0 Å². The summed E-state index contributed by atoms with van der Waals surface area (Å²) < 4.78 is 106.